The molecule has 2 aromatic carbocycles. The molecule has 2 N–H and O–H groups in total. The summed E-state index contributed by atoms with van der Waals surface area (Å²) in [6, 6.07) is 7.54. The first kappa shape index (κ1) is 20.5. The number of halogens is 3. The number of hydrogen-bond acceptors (Lipinski definition) is 4. The van der Waals surface area contributed by atoms with Crippen LogP contribution in [0.5, 0.6) is 11.5 Å². The Morgan fingerprint density at radius 1 is 0.966 bits per heavy atom. The summed E-state index contributed by atoms with van der Waals surface area (Å²) in [4.78, 5) is 24.3. The number of methoxy groups -OCH3 is 2. The lowest BCUT2D eigenvalue weighted by Crippen LogP contribution is -2.18. The van der Waals surface area contributed by atoms with E-state index in [-0.39, 0.29) is 23.1 Å². The Morgan fingerprint density at radius 2 is 1.59 bits per heavy atom. The predicted molar refractivity (Wildman–Crippen MR) is 100 cm³/mol. The molecule has 6 nitrogen and oxygen atoms in total. The lowest BCUT2D eigenvalue weighted by Gasteiger charge is -2.16. The summed E-state index contributed by atoms with van der Waals surface area (Å²) in [5.74, 6) is -0.569. The molecule has 0 aromatic heterocycles. The van der Waals surface area contributed by atoms with Gasteiger partial charge in [-0.1, -0.05) is 0 Å². The number of ether oxygens (including phenoxy) is 2. The van der Waals surface area contributed by atoms with Crippen molar-refractivity contribution in [1.82, 2.24) is 0 Å². The van der Waals surface area contributed by atoms with Crippen molar-refractivity contribution in [2.45, 2.75) is 19.0 Å². The van der Waals surface area contributed by atoms with Gasteiger partial charge in [0.1, 0.15) is 11.5 Å². The van der Waals surface area contributed by atoms with E-state index >= 15 is 0 Å². The molecule has 154 valence electrons. The van der Waals surface area contributed by atoms with Crippen molar-refractivity contribution in [3.63, 3.8) is 0 Å². The molecule has 2 aromatic rings. The Balaban J connectivity index is 1.87. The molecule has 1 fully saturated rings. The van der Waals surface area contributed by atoms with E-state index in [1.54, 1.807) is 0 Å². The molecule has 0 spiro atoms. The monoisotopic (exact) mass is 408 g/mol. The molecule has 0 heterocycles. The summed E-state index contributed by atoms with van der Waals surface area (Å²) in [5.41, 5.74) is -1.39. The van der Waals surface area contributed by atoms with Crippen LogP contribution in [0.2, 0.25) is 0 Å². The largest absolute Gasteiger partial charge is 0.497 e. The minimum Gasteiger partial charge on any atom is -0.497 e. The van der Waals surface area contributed by atoms with Gasteiger partial charge in [-0.05, 0) is 43.2 Å². The summed E-state index contributed by atoms with van der Waals surface area (Å²) >= 11 is 0. The van der Waals surface area contributed by atoms with E-state index < -0.39 is 23.3 Å². The van der Waals surface area contributed by atoms with Crippen LogP contribution in [0.4, 0.5) is 24.5 Å². The number of benzene rings is 2. The van der Waals surface area contributed by atoms with Crippen molar-refractivity contribution in [1.29, 1.82) is 0 Å². The summed E-state index contributed by atoms with van der Waals surface area (Å²) in [6.45, 7) is 0. The average Bonchev–Trinajstić information content (AvgIpc) is 3.53. The number of hydrogen-bond donors (Lipinski definition) is 2. The molecular formula is C20H19F3N2O4. The molecule has 0 bridgehead atoms. The van der Waals surface area contributed by atoms with Gasteiger partial charge in [-0.25, -0.2) is 0 Å². The summed E-state index contributed by atoms with van der Waals surface area (Å²) in [6.07, 6.45) is -3.26. The van der Waals surface area contributed by atoms with E-state index in [0.717, 1.165) is 25.0 Å². The molecule has 0 radical (unpaired) electrons. The van der Waals surface area contributed by atoms with Gasteiger partial charge in [0.2, 0.25) is 5.91 Å². The van der Waals surface area contributed by atoms with Gasteiger partial charge in [-0.15, -0.1) is 0 Å². The van der Waals surface area contributed by atoms with Gasteiger partial charge >= 0.3 is 6.18 Å². The zero-order valence-electron chi connectivity index (χ0n) is 15.7. The number of nitrogens with one attached hydrogen (secondary N) is 2. The molecule has 0 aliphatic heterocycles. The quantitative estimate of drug-likeness (QED) is 0.746. The van der Waals surface area contributed by atoms with Crippen LogP contribution in [0.3, 0.4) is 0 Å². The van der Waals surface area contributed by atoms with Crippen LogP contribution < -0.4 is 20.1 Å². The van der Waals surface area contributed by atoms with Crippen LogP contribution in [0.15, 0.2) is 36.4 Å². The van der Waals surface area contributed by atoms with Crippen LogP contribution in [0.1, 0.15) is 28.8 Å². The van der Waals surface area contributed by atoms with Gasteiger partial charge in [0.15, 0.2) is 0 Å². The Hall–Kier alpha value is -3.23. The van der Waals surface area contributed by atoms with Crippen LogP contribution in [0.25, 0.3) is 0 Å². The minimum absolute atomic E-state index is 0.0234. The van der Waals surface area contributed by atoms with Crippen molar-refractivity contribution in [2.75, 3.05) is 24.9 Å². The highest BCUT2D eigenvalue weighted by Gasteiger charge is 2.35. The topological polar surface area (TPSA) is 76.7 Å². The standard InChI is InChI=1S/C20H19F3N2O4/c1-28-14-7-12(8-15(10-14)29-2)19(27)25-17-6-5-13(9-16(17)20(21,22)23)24-18(26)11-3-4-11/h5-11H,3-4H2,1-2H3,(H,24,26)(H,25,27). The molecule has 1 aliphatic carbocycles. The molecular weight excluding hydrogens is 389 g/mol. The molecule has 0 saturated heterocycles. The highest BCUT2D eigenvalue weighted by Crippen LogP contribution is 2.38. The Morgan fingerprint density at radius 3 is 2.10 bits per heavy atom. The zero-order valence-corrected chi connectivity index (χ0v) is 15.7. The first-order valence-electron chi connectivity index (χ1n) is 8.78. The zero-order chi connectivity index (χ0) is 21.2. The van der Waals surface area contributed by atoms with Gasteiger partial charge in [0.25, 0.3) is 5.91 Å². The molecule has 1 saturated carbocycles. The van der Waals surface area contributed by atoms with Gasteiger partial charge in [-0.2, -0.15) is 13.2 Å². The molecule has 29 heavy (non-hydrogen) atoms. The third kappa shape index (κ3) is 4.98. The van der Waals surface area contributed by atoms with E-state index in [2.05, 4.69) is 10.6 Å². The summed E-state index contributed by atoms with van der Waals surface area (Å²) < 4.78 is 50.7. The van der Waals surface area contributed by atoms with Crippen molar-refractivity contribution in [3.8, 4) is 11.5 Å². The normalized spacial score (nSPS) is 13.6. The second kappa shape index (κ2) is 8.02. The number of carbonyl (C=O) groups excluding carboxylic acids is 2. The lowest BCUT2D eigenvalue weighted by molar-refractivity contribution is -0.137. The number of alkyl halides is 3. The number of anilines is 2. The smallest absolute Gasteiger partial charge is 0.418 e. The Bertz CT molecular complexity index is 918. The fourth-order valence-electron chi connectivity index (χ4n) is 2.69. The first-order chi connectivity index (χ1) is 13.7. The molecule has 9 heteroatoms. The number of rotatable bonds is 6. The maximum absolute atomic E-state index is 13.5. The van der Waals surface area contributed by atoms with Crippen molar-refractivity contribution in [3.05, 3.63) is 47.5 Å². The average molecular weight is 408 g/mol. The highest BCUT2D eigenvalue weighted by atomic mass is 19.4. The van der Waals surface area contributed by atoms with Crippen LogP contribution >= 0.6 is 0 Å². The molecule has 1 aliphatic rings. The molecule has 0 unspecified atom stereocenters. The number of carbonyl (C=O) groups is 2. The van der Waals surface area contributed by atoms with Crippen LogP contribution in [-0.4, -0.2) is 26.0 Å². The van der Waals surface area contributed by atoms with Crippen LogP contribution in [0, 0.1) is 5.92 Å². The second-order valence-electron chi connectivity index (χ2n) is 6.58. The van der Waals surface area contributed by atoms with Gasteiger partial charge < -0.3 is 20.1 Å². The summed E-state index contributed by atoms with van der Waals surface area (Å²) in [7, 11) is 2.79. The lowest BCUT2D eigenvalue weighted by atomic mass is 10.1. The fraction of sp³-hybridized carbons (Fsp3) is 0.300. The molecule has 3 rings (SSSR count). The maximum Gasteiger partial charge on any atom is 0.418 e. The maximum atomic E-state index is 13.5. The second-order valence-corrected chi connectivity index (χ2v) is 6.58. The minimum atomic E-state index is -4.73. The third-order valence-electron chi connectivity index (χ3n) is 4.40. The van der Waals surface area contributed by atoms with E-state index in [9.17, 15) is 22.8 Å². The Kier molecular flexibility index (Phi) is 5.67. The van der Waals surface area contributed by atoms with Crippen molar-refractivity contribution in [2.24, 2.45) is 5.92 Å². The SMILES string of the molecule is COc1cc(OC)cc(C(=O)Nc2ccc(NC(=O)C3CC3)cc2C(F)(F)F)c1. The Labute approximate surface area is 165 Å². The third-order valence-corrected chi connectivity index (χ3v) is 4.40. The van der Waals surface area contributed by atoms with E-state index in [0.29, 0.717) is 11.5 Å². The van der Waals surface area contributed by atoms with Crippen molar-refractivity contribution < 1.29 is 32.2 Å². The first-order valence-corrected chi connectivity index (χ1v) is 8.78. The van der Waals surface area contributed by atoms with E-state index in [1.807, 2.05) is 0 Å². The van der Waals surface area contributed by atoms with Crippen molar-refractivity contribution >= 4 is 23.2 Å². The van der Waals surface area contributed by atoms with E-state index in [1.165, 1.54) is 38.5 Å². The van der Waals surface area contributed by atoms with E-state index in [4.69, 9.17) is 9.47 Å². The summed E-state index contributed by atoms with van der Waals surface area (Å²) in [5, 5.41) is 4.74. The van der Waals surface area contributed by atoms with Gasteiger partial charge in [0.05, 0.1) is 25.5 Å². The predicted octanol–water partition coefficient (Wildman–Crippen LogP) is 4.32. The molecule has 2 amide bonds. The van der Waals surface area contributed by atoms with Gasteiger partial charge in [-0.3, -0.25) is 9.59 Å². The highest BCUT2D eigenvalue weighted by molar-refractivity contribution is 6.05. The van der Waals surface area contributed by atoms with Crippen LogP contribution in [-0.2, 0) is 11.0 Å². The number of amides is 2. The fourth-order valence-corrected chi connectivity index (χ4v) is 2.69. The van der Waals surface area contributed by atoms with Gasteiger partial charge in [0, 0.05) is 23.2 Å². The molecule has 0 atom stereocenters.